The Bertz CT molecular complexity index is 618. The van der Waals surface area contributed by atoms with Gasteiger partial charge in [0.1, 0.15) is 0 Å². The largest absolute Gasteiger partial charge is 0.466 e. The fourth-order valence-electron chi connectivity index (χ4n) is 6.00. The summed E-state index contributed by atoms with van der Waals surface area (Å²) in [5.41, 5.74) is 5.16. The number of amides is 1. The normalized spacial score (nSPS) is 11.5. The molecule has 0 aliphatic heterocycles. The third-order valence-corrected chi connectivity index (χ3v) is 8.97. The monoisotopic (exact) mass is 620 g/mol. The third-order valence-electron chi connectivity index (χ3n) is 8.97. The number of rotatable bonds is 37. The molecule has 0 atom stereocenters. The molecule has 0 saturated carbocycles. The van der Waals surface area contributed by atoms with Gasteiger partial charge in [0.2, 0.25) is 5.91 Å². The Kier molecular flexibility index (Phi) is 36.7. The lowest BCUT2D eigenvalue weighted by Crippen LogP contribution is -2.09. The maximum atomic E-state index is 12.0. The van der Waals surface area contributed by atoms with E-state index in [4.69, 9.17) is 10.5 Å². The SMILES string of the molecule is CCCCCCCCCCCCCCCCCCOC(=O)CCCCCCCCCCCC=CCCCCCCCC(N)=O. The molecule has 0 aliphatic carbocycles. The van der Waals surface area contributed by atoms with Gasteiger partial charge in [0.15, 0.2) is 0 Å². The van der Waals surface area contributed by atoms with Crippen LogP contribution in [0.2, 0.25) is 0 Å². The Hall–Kier alpha value is -1.32. The van der Waals surface area contributed by atoms with Gasteiger partial charge in [0.25, 0.3) is 0 Å². The molecule has 0 fully saturated rings. The first-order valence-corrected chi connectivity index (χ1v) is 19.8. The second-order valence-electron chi connectivity index (χ2n) is 13.5. The summed E-state index contributed by atoms with van der Waals surface area (Å²) in [5, 5.41) is 0. The van der Waals surface area contributed by atoms with Gasteiger partial charge in [0.05, 0.1) is 6.61 Å². The number of unbranched alkanes of at least 4 members (excludes halogenated alkanes) is 29. The van der Waals surface area contributed by atoms with Crippen molar-refractivity contribution in [3.05, 3.63) is 12.2 Å². The van der Waals surface area contributed by atoms with Crippen LogP contribution in [0.4, 0.5) is 0 Å². The maximum absolute atomic E-state index is 12.0. The summed E-state index contributed by atoms with van der Waals surface area (Å²) in [6.07, 6.45) is 47.3. The van der Waals surface area contributed by atoms with E-state index in [1.54, 1.807) is 0 Å². The molecule has 0 aromatic rings. The highest BCUT2D eigenvalue weighted by atomic mass is 16.5. The van der Waals surface area contributed by atoms with Crippen LogP contribution in [0.3, 0.4) is 0 Å². The van der Waals surface area contributed by atoms with Crippen molar-refractivity contribution in [3.8, 4) is 0 Å². The van der Waals surface area contributed by atoms with Crippen molar-refractivity contribution in [1.82, 2.24) is 0 Å². The highest BCUT2D eigenvalue weighted by molar-refractivity contribution is 5.73. The molecule has 0 spiro atoms. The van der Waals surface area contributed by atoms with Crippen molar-refractivity contribution in [2.75, 3.05) is 6.61 Å². The Morgan fingerprint density at radius 2 is 0.750 bits per heavy atom. The quantitative estimate of drug-likeness (QED) is 0.0427. The van der Waals surface area contributed by atoms with Crippen LogP contribution in [0.1, 0.15) is 225 Å². The van der Waals surface area contributed by atoms with Gasteiger partial charge in [-0.3, -0.25) is 9.59 Å². The lowest BCUT2D eigenvalue weighted by Gasteiger charge is -2.06. The summed E-state index contributed by atoms with van der Waals surface area (Å²) in [6, 6.07) is 0. The minimum atomic E-state index is -0.172. The number of esters is 1. The zero-order chi connectivity index (χ0) is 32.0. The standard InChI is InChI=1S/C40H77NO3/c1-2-3-4-5-6-7-8-9-10-17-20-23-26-29-32-35-38-44-40(43)37-34-31-28-25-22-19-16-14-12-11-13-15-18-21-24-27-30-33-36-39(41)42/h13,15H,2-12,14,16-38H2,1H3,(H2,41,42). The average molecular weight is 620 g/mol. The molecule has 0 aromatic heterocycles. The third kappa shape index (κ3) is 38.7. The van der Waals surface area contributed by atoms with Gasteiger partial charge in [-0.25, -0.2) is 0 Å². The lowest BCUT2D eigenvalue weighted by atomic mass is 10.0. The maximum Gasteiger partial charge on any atom is 0.305 e. The zero-order valence-corrected chi connectivity index (χ0v) is 29.7. The second kappa shape index (κ2) is 37.9. The van der Waals surface area contributed by atoms with Crippen molar-refractivity contribution in [1.29, 1.82) is 0 Å². The van der Waals surface area contributed by atoms with Crippen LogP contribution in [0.25, 0.3) is 0 Å². The number of allylic oxidation sites excluding steroid dienone is 2. The van der Waals surface area contributed by atoms with Gasteiger partial charge < -0.3 is 10.5 Å². The predicted molar refractivity (Wildman–Crippen MR) is 192 cm³/mol. The van der Waals surface area contributed by atoms with Crippen LogP contribution in [0.5, 0.6) is 0 Å². The van der Waals surface area contributed by atoms with Crippen LogP contribution >= 0.6 is 0 Å². The van der Waals surface area contributed by atoms with Crippen molar-refractivity contribution >= 4 is 11.9 Å². The molecule has 0 unspecified atom stereocenters. The molecule has 0 aromatic carbocycles. The summed E-state index contributed by atoms with van der Waals surface area (Å²) < 4.78 is 5.45. The number of carbonyl (C=O) groups excluding carboxylic acids is 2. The molecule has 0 aliphatic rings. The molecule has 4 nitrogen and oxygen atoms in total. The summed E-state index contributed by atoms with van der Waals surface area (Å²) in [6.45, 7) is 2.91. The number of ether oxygens (including phenoxy) is 1. The minimum absolute atomic E-state index is 0.0112. The summed E-state index contributed by atoms with van der Waals surface area (Å²) in [4.78, 5) is 22.7. The number of nitrogens with two attached hydrogens (primary N) is 1. The lowest BCUT2D eigenvalue weighted by molar-refractivity contribution is -0.143. The van der Waals surface area contributed by atoms with Crippen LogP contribution in [-0.4, -0.2) is 18.5 Å². The van der Waals surface area contributed by atoms with E-state index < -0.39 is 0 Å². The highest BCUT2D eigenvalue weighted by Crippen LogP contribution is 2.15. The molecule has 2 N–H and O–H groups in total. The van der Waals surface area contributed by atoms with Crippen molar-refractivity contribution in [2.24, 2.45) is 5.73 Å². The topological polar surface area (TPSA) is 69.4 Å². The molecular weight excluding hydrogens is 542 g/mol. The fraction of sp³-hybridized carbons (Fsp3) is 0.900. The fourth-order valence-corrected chi connectivity index (χ4v) is 6.00. The number of carbonyl (C=O) groups is 2. The molecule has 0 rings (SSSR count). The van der Waals surface area contributed by atoms with E-state index in [1.807, 2.05) is 0 Å². The molecule has 0 bridgehead atoms. The van der Waals surface area contributed by atoms with E-state index in [0.29, 0.717) is 19.4 Å². The van der Waals surface area contributed by atoms with E-state index in [-0.39, 0.29) is 11.9 Å². The van der Waals surface area contributed by atoms with Crippen LogP contribution in [0, 0.1) is 0 Å². The van der Waals surface area contributed by atoms with Crippen molar-refractivity contribution in [2.45, 2.75) is 225 Å². The molecule has 0 radical (unpaired) electrons. The zero-order valence-electron chi connectivity index (χ0n) is 29.7. The Morgan fingerprint density at radius 1 is 0.432 bits per heavy atom. The van der Waals surface area contributed by atoms with E-state index in [9.17, 15) is 9.59 Å². The van der Waals surface area contributed by atoms with Gasteiger partial charge in [-0.2, -0.15) is 0 Å². The molecule has 4 heteroatoms. The number of hydrogen-bond donors (Lipinski definition) is 1. The van der Waals surface area contributed by atoms with Gasteiger partial charge in [-0.05, 0) is 44.9 Å². The molecule has 260 valence electrons. The Morgan fingerprint density at radius 3 is 1.14 bits per heavy atom. The van der Waals surface area contributed by atoms with Crippen molar-refractivity contribution < 1.29 is 14.3 Å². The van der Waals surface area contributed by atoms with E-state index in [1.165, 1.54) is 173 Å². The Balaban J connectivity index is 3.19. The number of primary amides is 1. The van der Waals surface area contributed by atoms with E-state index >= 15 is 0 Å². The second-order valence-corrected chi connectivity index (χ2v) is 13.5. The molecule has 1 amide bonds. The van der Waals surface area contributed by atoms with Crippen LogP contribution < -0.4 is 5.73 Å². The number of hydrogen-bond acceptors (Lipinski definition) is 3. The molecule has 0 heterocycles. The first kappa shape index (κ1) is 42.7. The summed E-state index contributed by atoms with van der Waals surface area (Å²) in [7, 11) is 0. The van der Waals surface area contributed by atoms with Crippen molar-refractivity contribution in [3.63, 3.8) is 0 Å². The summed E-state index contributed by atoms with van der Waals surface area (Å²) >= 11 is 0. The minimum Gasteiger partial charge on any atom is -0.466 e. The van der Waals surface area contributed by atoms with Crippen LogP contribution in [-0.2, 0) is 14.3 Å². The summed E-state index contributed by atoms with van der Waals surface area (Å²) in [5.74, 6) is -0.161. The average Bonchev–Trinajstić information content (AvgIpc) is 3.01. The van der Waals surface area contributed by atoms with Gasteiger partial charge in [-0.1, -0.05) is 180 Å². The van der Waals surface area contributed by atoms with Gasteiger partial charge >= 0.3 is 5.97 Å². The molecular formula is C40H77NO3. The molecule has 44 heavy (non-hydrogen) atoms. The van der Waals surface area contributed by atoms with E-state index in [0.717, 1.165) is 32.1 Å². The first-order valence-electron chi connectivity index (χ1n) is 19.8. The predicted octanol–water partition coefficient (Wildman–Crippen LogP) is 12.9. The highest BCUT2D eigenvalue weighted by Gasteiger charge is 2.03. The first-order chi connectivity index (χ1) is 21.7. The Labute approximate surface area is 275 Å². The van der Waals surface area contributed by atoms with Gasteiger partial charge in [0, 0.05) is 12.8 Å². The molecule has 0 saturated heterocycles. The smallest absolute Gasteiger partial charge is 0.305 e. The van der Waals surface area contributed by atoms with Gasteiger partial charge in [-0.15, -0.1) is 0 Å². The van der Waals surface area contributed by atoms with Crippen LogP contribution in [0.15, 0.2) is 12.2 Å². The van der Waals surface area contributed by atoms with E-state index in [2.05, 4.69) is 19.1 Å².